The predicted molar refractivity (Wildman–Crippen MR) is 95.4 cm³/mol. The van der Waals surface area contributed by atoms with Crippen molar-refractivity contribution < 1.29 is 13.9 Å². The molecule has 4 heteroatoms. The molecule has 0 saturated heterocycles. The molecule has 2 aromatic rings. The summed E-state index contributed by atoms with van der Waals surface area (Å²) in [6.45, 7) is 7.20. The summed E-state index contributed by atoms with van der Waals surface area (Å²) in [5.74, 6) is 1.69. The van der Waals surface area contributed by atoms with E-state index in [4.69, 9.17) is 9.15 Å². The van der Waals surface area contributed by atoms with E-state index >= 15 is 0 Å². The van der Waals surface area contributed by atoms with Crippen molar-refractivity contribution in [2.75, 3.05) is 6.54 Å². The van der Waals surface area contributed by atoms with Gasteiger partial charge >= 0.3 is 0 Å². The van der Waals surface area contributed by atoms with Crippen LogP contribution in [0.5, 0.6) is 5.75 Å². The first-order valence-electron chi connectivity index (χ1n) is 8.67. The van der Waals surface area contributed by atoms with Crippen LogP contribution in [0.15, 0.2) is 34.7 Å². The van der Waals surface area contributed by atoms with Gasteiger partial charge < -0.3 is 14.5 Å². The fourth-order valence-electron chi connectivity index (χ4n) is 2.59. The lowest BCUT2D eigenvalue weighted by molar-refractivity contribution is 0.0921. The second-order valence-electron chi connectivity index (χ2n) is 6.09. The first-order chi connectivity index (χ1) is 11.6. The number of rotatable bonds is 9. The Labute approximate surface area is 144 Å². The third kappa shape index (κ3) is 5.15. The number of carbonyl (C=O) groups excluding carboxylic acids is 1. The molecule has 0 spiro atoms. The van der Waals surface area contributed by atoms with E-state index in [1.807, 2.05) is 32.0 Å². The molecule has 2 rings (SSSR count). The Morgan fingerprint density at radius 2 is 1.83 bits per heavy atom. The average Bonchev–Trinajstić information content (AvgIpc) is 3.03. The minimum atomic E-state index is -0.162. The molecule has 0 saturated carbocycles. The SMILES string of the molecule is CCCCCCNC(=O)c1ccc(COc2c(C)cccc2C)o1. The molecule has 0 radical (unpaired) electrons. The number of carbonyl (C=O) groups is 1. The standard InChI is InChI=1S/C20H27NO3/c1-4-5-6-7-13-21-20(22)18-12-11-17(24-18)14-23-19-15(2)9-8-10-16(19)3/h8-12H,4-7,13-14H2,1-3H3,(H,21,22). The highest BCUT2D eigenvalue weighted by Crippen LogP contribution is 2.23. The van der Waals surface area contributed by atoms with Crippen molar-refractivity contribution in [1.29, 1.82) is 0 Å². The largest absolute Gasteiger partial charge is 0.485 e. The highest BCUT2D eigenvalue weighted by molar-refractivity contribution is 5.91. The van der Waals surface area contributed by atoms with Crippen LogP contribution in [-0.4, -0.2) is 12.5 Å². The third-order valence-electron chi connectivity index (χ3n) is 3.97. The van der Waals surface area contributed by atoms with Gasteiger partial charge in [0.2, 0.25) is 0 Å². The Kier molecular flexibility index (Phi) is 6.91. The molecule has 0 aliphatic carbocycles. The Bertz CT molecular complexity index is 640. The molecule has 4 nitrogen and oxygen atoms in total. The van der Waals surface area contributed by atoms with Gasteiger partial charge in [0.25, 0.3) is 5.91 Å². The maximum absolute atomic E-state index is 12.0. The maximum atomic E-state index is 12.0. The van der Waals surface area contributed by atoms with Gasteiger partial charge in [-0.15, -0.1) is 0 Å². The summed E-state index contributed by atoms with van der Waals surface area (Å²) in [5.41, 5.74) is 2.18. The number of ether oxygens (including phenoxy) is 1. The molecule has 1 heterocycles. The molecule has 1 N–H and O–H groups in total. The van der Waals surface area contributed by atoms with Crippen molar-refractivity contribution in [3.8, 4) is 5.75 Å². The van der Waals surface area contributed by atoms with E-state index in [0.717, 1.165) is 29.7 Å². The van der Waals surface area contributed by atoms with Gasteiger partial charge in [-0.2, -0.15) is 0 Å². The zero-order chi connectivity index (χ0) is 17.4. The van der Waals surface area contributed by atoms with Gasteiger partial charge in [0.1, 0.15) is 18.1 Å². The molecule has 24 heavy (non-hydrogen) atoms. The Morgan fingerprint density at radius 3 is 2.54 bits per heavy atom. The van der Waals surface area contributed by atoms with Crippen LogP contribution in [0, 0.1) is 13.8 Å². The highest BCUT2D eigenvalue weighted by atomic mass is 16.5. The summed E-state index contributed by atoms with van der Waals surface area (Å²) in [5, 5.41) is 2.89. The second-order valence-corrected chi connectivity index (χ2v) is 6.09. The fourth-order valence-corrected chi connectivity index (χ4v) is 2.59. The molecule has 1 amide bonds. The maximum Gasteiger partial charge on any atom is 0.286 e. The van der Waals surface area contributed by atoms with Gasteiger partial charge in [0.05, 0.1) is 0 Å². The van der Waals surface area contributed by atoms with Crippen LogP contribution in [0.2, 0.25) is 0 Å². The number of hydrogen-bond donors (Lipinski definition) is 1. The lowest BCUT2D eigenvalue weighted by atomic mass is 10.1. The highest BCUT2D eigenvalue weighted by Gasteiger charge is 2.11. The zero-order valence-electron chi connectivity index (χ0n) is 14.9. The number of nitrogens with one attached hydrogen (secondary N) is 1. The summed E-state index contributed by atoms with van der Waals surface area (Å²) in [7, 11) is 0. The van der Waals surface area contributed by atoms with Crippen molar-refractivity contribution >= 4 is 5.91 Å². The molecule has 0 aliphatic rings. The van der Waals surface area contributed by atoms with Crippen LogP contribution in [0.4, 0.5) is 0 Å². The van der Waals surface area contributed by atoms with E-state index in [9.17, 15) is 4.79 Å². The second kappa shape index (κ2) is 9.16. The summed E-state index contributed by atoms with van der Waals surface area (Å²) in [6, 6.07) is 9.53. The zero-order valence-corrected chi connectivity index (χ0v) is 14.9. The molecule has 130 valence electrons. The third-order valence-corrected chi connectivity index (χ3v) is 3.97. The Balaban J connectivity index is 1.83. The summed E-state index contributed by atoms with van der Waals surface area (Å²) >= 11 is 0. The molecular weight excluding hydrogens is 302 g/mol. The smallest absolute Gasteiger partial charge is 0.286 e. The molecule has 1 aromatic carbocycles. The van der Waals surface area contributed by atoms with Crippen molar-refractivity contribution in [3.63, 3.8) is 0 Å². The van der Waals surface area contributed by atoms with Crippen LogP contribution in [-0.2, 0) is 6.61 Å². The van der Waals surface area contributed by atoms with Gasteiger partial charge in [-0.1, -0.05) is 44.4 Å². The Hall–Kier alpha value is -2.23. The van der Waals surface area contributed by atoms with Gasteiger partial charge in [-0.25, -0.2) is 0 Å². The van der Waals surface area contributed by atoms with Crippen molar-refractivity contribution in [2.24, 2.45) is 0 Å². The van der Waals surface area contributed by atoms with Crippen LogP contribution in [0.25, 0.3) is 0 Å². The van der Waals surface area contributed by atoms with Gasteiger partial charge in [-0.3, -0.25) is 4.79 Å². The first kappa shape index (κ1) is 18.1. The van der Waals surface area contributed by atoms with E-state index in [2.05, 4.69) is 12.2 Å². The molecule has 0 aliphatic heterocycles. The quantitative estimate of drug-likeness (QED) is 0.673. The monoisotopic (exact) mass is 329 g/mol. The normalized spacial score (nSPS) is 10.6. The molecule has 0 fully saturated rings. The topological polar surface area (TPSA) is 51.5 Å². The molecule has 1 aromatic heterocycles. The number of amides is 1. The molecular formula is C20H27NO3. The molecule has 0 atom stereocenters. The van der Waals surface area contributed by atoms with Gasteiger partial charge in [0, 0.05) is 6.54 Å². The van der Waals surface area contributed by atoms with E-state index in [1.165, 1.54) is 12.8 Å². The molecule has 0 unspecified atom stereocenters. The van der Waals surface area contributed by atoms with Crippen LogP contribution < -0.4 is 10.1 Å². The van der Waals surface area contributed by atoms with Crippen LogP contribution >= 0.6 is 0 Å². The fraction of sp³-hybridized carbons (Fsp3) is 0.450. The average molecular weight is 329 g/mol. The Morgan fingerprint density at radius 1 is 1.08 bits per heavy atom. The van der Waals surface area contributed by atoms with E-state index < -0.39 is 0 Å². The van der Waals surface area contributed by atoms with Crippen molar-refractivity contribution in [3.05, 3.63) is 53.0 Å². The minimum Gasteiger partial charge on any atom is -0.485 e. The number of aryl methyl sites for hydroxylation is 2. The first-order valence-corrected chi connectivity index (χ1v) is 8.67. The predicted octanol–water partition coefficient (Wildman–Crippen LogP) is 4.79. The van der Waals surface area contributed by atoms with Crippen molar-refractivity contribution in [2.45, 2.75) is 53.1 Å². The van der Waals surface area contributed by atoms with Crippen LogP contribution in [0.1, 0.15) is 60.0 Å². The number of furan rings is 1. The van der Waals surface area contributed by atoms with E-state index in [0.29, 0.717) is 24.7 Å². The van der Waals surface area contributed by atoms with E-state index in [1.54, 1.807) is 12.1 Å². The van der Waals surface area contributed by atoms with Gasteiger partial charge in [0.15, 0.2) is 5.76 Å². The van der Waals surface area contributed by atoms with Crippen LogP contribution in [0.3, 0.4) is 0 Å². The number of hydrogen-bond acceptors (Lipinski definition) is 3. The van der Waals surface area contributed by atoms with Gasteiger partial charge in [-0.05, 0) is 43.5 Å². The number of para-hydroxylation sites is 1. The van der Waals surface area contributed by atoms with E-state index in [-0.39, 0.29) is 5.91 Å². The summed E-state index contributed by atoms with van der Waals surface area (Å²) in [6.07, 6.45) is 4.54. The lowest BCUT2D eigenvalue weighted by Gasteiger charge is -2.10. The lowest BCUT2D eigenvalue weighted by Crippen LogP contribution is -2.23. The summed E-state index contributed by atoms with van der Waals surface area (Å²) < 4.78 is 11.4. The summed E-state index contributed by atoms with van der Waals surface area (Å²) in [4.78, 5) is 12.0. The number of unbranched alkanes of at least 4 members (excludes halogenated alkanes) is 3. The number of benzene rings is 1. The molecule has 0 bridgehead atoms. The van der Waals surface area contributed by atoms with Crippen molar-refractivity contribution in [1.82, 2.24) is 5.32 Å². The minimum absolute atomic E-state index is 0.162.